The number of hydrogen-bond donors (Lipinski definition) is 1. The summed E-state index contributed by atoms with van der Waals surface area (Å²) < 4.78 is 56.9. The Morgan fingerprint density at radius 1 is 1.00 bits per heavy atom. The summed E-state index contributed by atoms with van der Waals surface area (Å²) in [5.74, 6) is -1.95. The Balaban J connectivity index is 1.25. The van der Waals surface area contributed by atoms with E-state index in [4.69, 9.17) is 4.84 Å². The number of hydrogen-bond acceptors (Lipinski definition) is 9. The molecule has 3 unspecified atom stereocenters. The first-order valence-corrected chi connectivity index (χ1v) is 16.8. The average molecular weight is 675 g/mol. The fourth-order valence-electron chi connectivity index (χ4n) is 10.2. The molecule has 11 nitrogen and oxygen atoms in total. The molecular formula is C33H38F4N6O5. The number of nitrogens with zero attached hydrogens (tertiary/aromatic N) is 5. The van der Waals surface area contributed by atoms with E-state index in [1.165, 1.54) is 36.2 Å². The molecule has 3 atom stereocenters. The van der Waals surface area contributed by atoms with Crippen LogP contribution in [-0.2, 0) is 34.6 Å². The van der Waals surface area contributed by atoms with Crippen LogP contribution in [0.1, 0.15) is 50.5 Å². The first-order valence-electron chi connectivity index (χ1n) is 16.8. The van der Waals surface area contributed by atoms with E-state index in [0.29, 0.717) is 49.4 Å². The molecule has 0 radical (unpaired) electrons. The van der Waals surface area contributed by atoms with Crippen LogP contribution in [-0.4, -0.2) is 63.9 Å². The molecule has 9 rings (SSSR count). The quantitative estimate of drug-likeness (QED) is 0.444. The largest absolute Gasteiger partial charge is 0.493 e. The van der Waals surface area contributed by atoms with E-state index in [0.717, 1.165) is 52.7 Å². The Morgan fingerprint density at radius 2 is 1.65 bits per heavy atom. The second-order valence-corrected chi connectivity index (χ2v) is 14.8. The van der Waals surface area contributed by atoms with Gasteiger partial charge in [0, 0.05) is 38.1 Å². The van der Waals surface area contributed by atoms with E-state index < -0.39 is 47.5 Å². The molecule has 3 aliphatic heterocycles. The van der Waals surface area contributed by atoms with Gasteiger partial charge in [0.05, 0.1) is 6.54 Å². The molecule has 4 bridgehead atoms. The number of Topliss-reactive ketones (excluding diaryl/α,β-unsaturated/α-hetero) is 1. The van der Waals surface area contributed by atoms with Gasteiger partial charge in [-0.15, -0.1) is 5.06 Å². The Kier molecular flexibility index (Phi) is 7.33. The zero-order valence-electron chi connectivity index (χ0n) is 26.5. The number of carbonyl (C=O) groups is 2. The number of anilines is 2. The van der Waals surface area contributed by atoms with Crippen LogP contribution in [0.3, 0.4) is 0 Å². The molecule has 4 heterocycles. The number of ketones is 1. The van der Waals surface area contributed by atoms with Crippen molar-refractivity contribution in [1.29, 1.82) is 0 Å². The van der Waals surface area contributed by atoms with Gasteiger partial charge in [0.25, 0.3) is 5.56 Å². The molecule has 2 saturated heterocycles. The van der Waals surface area contributed by atoms with Gasteiger partial charge in [0.1, 0.15) is 5.82 Å². The lowest BCUT2D eigenvalue weighted by Crippen LogP contribution is -2.58. The third-order valence-corrected chi connectivity index (χ3v) is 11.9. The van der Waals surface area contributed by atoms with Gasteiger partial charge in [-0.2, -0.15) is 13.2 Å². The Bertz CT molecular complexity index is 1740. The maximum absolute atomic E-state index is 14.5. The van der Waals surface area contributed by atoms with Crippen molar-refractivity contribution in [3.63, 3.8) is 0 Å². The van der Waals surface area contributed by atoms with E-state index in [9.17, 15) is 36.7 Å². The van der Waals surface area contributed by atoms with Crippen LogP contribution >= 0.6 is 0 Å². The van der Waals surface area contributed by atoms with Crippen molar-refractivity contribution in [1.82, 2.24) is 19.4 Å². The molecule has 2 aromatic rings. The van der Waals surface area contributed by atoms with E-state index >= 15 is 0 Å². The van der Waals surface area contributed by atoms with Crippen LogP contribution in [0.15, 0.2) is 33.9 Å². The molecule has 4 saturated carbocycles. The Hall–Kier alpha value is -3.72. The fraction of sp³-hybridized carbons (Fsp3) is 0.636. The minimum absolute atomic E-state index is 0.0876. The van der Waals surface area contributed by atoms with E-state index in [1.807, 2.05) is 4.90 Å². The van der Waals surface area contributed by atoms with Crippen LogP contribution in [0, 0.1) is 34.9 Å². The maximum atomic E-state index is 14.5. The SMILES string of the molecule is Cn1c2c(c(=O)n(CC(=O)C34CC5CC(CC(C5)C3)C4)c1=O)N(Cc1ccc(F)cc1)C(N1CCC3CNCC31)N2OC(=O)C(F)(F)F. The summed E-state index contributed by atoms with van der Waals surface area (Å²) in [5.41, 5.74) is -1.99. The lowest BCUT2D eigenvalue weighted by molar-refractivity contribution is -0.203. The van der Waals surface area contributed by atoms with Gasteiger partial charge in [-0.1, -0.05) is 12.1 Å². The predicted molar refractivity (Wildman–Crippen MR) is 164 cm³/mol. The molecular weight excluding hydrogens is 636 g/mol. The number of aromatic nitrogens is 2. The smallest absolute Gasteiger partial charge is 0.327 e. The standard InChI is InChI=1S/C33H38F4N6O5/c1-39-27-26(28(45)42(31(39)47)17-25(44)32-11-19-8-20(12-32)10-21(9-19)13-32)41(16-18-2-4-23(34)5-3-18)30(43(27)48-29(46)33(35,36)37)40-7-6-22-14-38-15-24(22)40/h2-5,19-22,24,30,38H,6-17H2,1H3. The minimum atomic E-state index is -5.37. The van der Waals surface area contributed by atoms with Crippen molar-refractivity contribution < 1.29 is 32.0 Å². The lowest BCUT2D eigenvalue weighted by atomic mass is 9.48. The summed E-state index contributed by atoms with van der Waals surface area (Å²) in [6.07, 6.45) is -0.364. The van der Waals surface area contributed by atoms with Gasteiger partial charge in [-0.05, 0) is 92.9 Å². The highest BCUT2D eigenvalue weighted by atomic mass is 19.4. The van der Waals surface area contributed by atoms with Crippen molar-refractivity contribution in [2.24, 2.45) is 36.1 Å². The fourth-order valence-corrected chi connectivity index (χ4v) is 10.2. The molecule has 1 aromatic heterocycles. The molecule has 258 valence electrons. The second kappa shape index (κ2) is 11.2. The second-order valence-electron chi connectivity index (χ2n) is 14.8. The molecule has 4 aliphatic carbocycles. The monoisotopic (exact) mass is 674 g/mol. The van der Waals surface area contributed by atoms with Crippen LogP contribution in [0.2, 0.25) is 0 Å². The summed E-state index contributed by atoms with van der Waals surface area (Å²) >= 11 is 0. The van der Waals surface area contributed by atoms with Gasteiger partial charge in [-0.3, -0.25) is 23.6 Å². The van der Waals surface area contributed by atoms with Crippen LogP contribution < -0.4 is 26.5 Å². The average Bonchev–Trinajstić information content (AvgIpc) is 3.72. The zero-order valence-corrected chi connectivity index (χ0v) is 26.5. The molecule has 15 heteroatoms. The van der Waals surface area contributed by atoms with Crippen LogP contribution in [0.5, 0.6) is 0 Å². The molecule has 48 heavy (non-hydrogen) atoms. The van der Waals surface area contributed by atoms with Crippen molar-refractivity contribution in [2.75, 3.05) is 29.6 Å². The molecule has 0 spiro atoms. The topological polar surface area (TPSA) is 109 Å². The Morgan fingerprint density at radius 3 is 2.27 bits per heavy atom. The predicted octanol–water partition coefficient (Wildman–Crippen LogP) is 2.90. The highest BCUT2D eigenvalue weighted by molar-refractivity contribution is 5.85. The van der Waals surface area contributed by atoms with Crippen molar-refractivity contribution in [2.45, 2.75) is 76.5 Å². The van der Waals surface area contributed by atoms with E-state index in [1.54, 1.807) is 0 Å². The minimum Gasteiger partial charge on any atom is -0.327 e. The van der Waals surface area contributed by atoms with Gasteiger partial charge >= 0.3 is 17.8 Å². The third kappa shape index (κ3) is 4.98. The summed E-state index contributed by atoms with van der Waals surface area (Å²) in [5, 5.41) is 4.03. The van der Waals surface area contributed by atoms with Crippen molar-refractivity contribution in [3.8, 4) is 0 Å². The molecule has 6 fully saturated rings. The third-order valence-electron chi connectivity index (χ3n) is 11.9. The van der Waals surface area contributed by atoms with Gasteiger partial charge < -0.3 is 15.1 Å². The number of nitrogens with one attached hydrogen (secondary N) is 1. The number of rotatable bonds is 7. The first kappa shape index (κ1) is 31.5. The van der Waals surface area contributed by atoms with Gasteiger partial charge in [0.2, 0.25) is 0 Å². The lowest BCUT2D eigenvalue weighted by Gasteiger charge is -2.56. The highest BCUT2D eigenvalue weighted by Crippen LogP contribution is 2.60. The number of likely N-dealkylation sites (tertiary alicyclic amines) is 1. The molecule has 0 amide bonds. The summed E-state index contributed by atoms with van der Waals surface area (Å²) in [6, 6.07) is 5.30. The van der Waals surface area contributed by atoms with Crippen molar-refractivity contribution >= 4 is 23.3 Å². The highest BCUT2D eigenvalue weighted by Gasteiger charge is 2.56. The number of benzene rings is 1. The number of hydroxylamine groups is 1. The molecule has 1 aromatic carbocycles. The van der Waals surface area contributed by atoms with Gasteiger partial charge in [-0.25, -0.2) is 14.0 Å². The van der Waals surface area contributed by atoms with E-state index in [-0.39, 0.29) is 35.8 Å². The van der Waals surface area contributed by atoms with Crippen LogP contribution in [0.25, 0.3) is 0 Å². The van der Waals surface area contributed by atoms with E-state index in [2.05, 4.69) is 5.32 Å². The molecule has 1 N–H and O–H groups in total. The molecule has 7 aliphatic rings. The first-order chi connectivity index (χ1) is 22.8. The van der Waals surface area contributed by atoms with Crippen molar-refractivity contribution in [3.05, 3.63) is 56.5 Å². The number of halogens is 4. The summed E-state index contributed by atoms with van der Waals surface area (Å²) in [7, 11) is 1.29. The number of carbonyl (C=O) groups excluding carboxylic acids is 2. The normalized spacial score (nSPS) is 32.2. The van der Waals surface area contributed by atoms with Gasteiger partial charge in [0.15, 0.2) is 23.6 Å². The summed E-state index contributed by atoms with van der Waals surface area (Å²) in [4.78, 5) is 63.5. The summed E-state index contributed by atoms with van der Waals surface area (Å²) in [6.45, 7) is 1.09. The number of alkyl halides is 3. The Labute approximate surface area is 273 Å². The van der Waals surface area contributed by atoms with Crippen LogP contribution in [0.4, 0.5) is 29.1 Å². The zero-order chi connectivity index (χ0) is 33.7. The maximum Gasteiger partial charge on any atom is 0.493 e. The number of fused-ring (bicyclic) bond motifs is 2.